The SMILES string of the molecule is CCN1CCC(NC(C)CC(F)(F)F)CC1. The van der Waals surface area contributed by atoms with Gasteiger partial charge in [-0.2, -0.15) is 13.2 Å². The van der Waals surface area contributed by atoms with E-state index in [0.29, 0.717) is 0 Å². The van der Waals surface area contributed by atoms with E-state index < -0.39 is 18.6 Å². The van der Waals surface area contributed by atoms with Crippen molar-refractivity contribution in [1.29, 1.82) is 0 Å². The van der Waals surface area contributed by atoms with E-state index in [4.69, 9.17) is 0 Å². The zero-order chi connectivity index (χ0) is 12.2. The van der Waals surface area contributed by atoms with Crippen molar-refractivity contribution in [3.8, 4) is 0 Å². The molecule has 5 heteroatoms. The van der Waals surface area contributed by atoms with E-state index >= 15 is 0 Å². The van der Waals surface area contributed by atoms with E-state index in [1.54, 1.807) is 6.92 Å². The minimum atomic E-state index is -4.06. The maximum absolute atomic E-state index is 12.1. The fourth-order valence-corrected chi connectivity index (χ4v) is 2.22. The lowest BCUT2D eigenvalue weighted by Crippen LogP contribution is -2.46. The van der Waals surface area contributed by atoms with Crippen molar-refractivity contribution in [2.75, 3.05) is 19.6 Å². The van der Waals surface area contributed by atoms with Gasteiger partial charge in [0.2, 0.25) is 0 Å². The number of hydrogen-bond acceptors (Lipinski definition) is 2. The van der Waals surface area contributed by atoms with Crippen LogP contribution in [0.4, 0.5) is 13.2 Å². The second-order valence-corrected chi connectivity index (χ2v) is 4.60. The molecular weight excluding hydrogens is 217 g/mol. The molecule has 1 atom stereocenters. The van der Waals surface area contributed by atoms with Gasteiger partial charge in [-0.1, -0.05) is 6.92 Å². The molecule has 1 saturated heterocycles. The molecule has 1 fully saturated rings. The standard InChI is InChI=1S/C11H21F3N2/c1-3-16-6-4-10(5-7-16)15-9(2)8-11(12,13)14/h9-10,15H,3-8H2,1-2H3. The zero-order valence-corrected chi connectivity index (χ0v) is 9.98. The van der Waals surface area contributed by atoms with E-state index in [1.165, 1.54) is 0 Å². The van der Waals surface area contributed by atoms with Crippen molar-refractivity contribution in [2.24, 2.45) is 0 Å². The van der Waals surface area contributed by atoms with Gasteiger partial charge in [-0.3, -0.25) is 0 Å². The lowest BCUT2D eigenvalue weighted by molar-refractivity contribution is -0.139. The Labute approximate surface area is 95.2 Å². The molecule has 96 valence electrons. The van der Waals surface area contributed by atoms with Crippen LogP contribution in [0.25, 0.3) is 0 Å². The smallest absolute Gasteiger partial charge is 0.311 e. The Balaban J connectivity index is 2.23. The quantitative estimate of drug-likeness (QED) is 0.809. The first-order valence-electron chi connectivity index (χ1n) is 5.96. The molecule has 0 radical (unpaired) electrons. The molecule has 0 spiro atoms. The van der Waals surface area contributed by atoms with Crippen LogP contribution in [0, 0.1) is 0 Å². The van der Waals surface area contributed by atoms with E-state index in [0.717, 1.165) is 32.5 Å². The van der Waals surface area contributed by atoms with Crippen LogP contribution in [0.15, 0.2) is 0 Å². The minimum absolute atomic E-state index is 0.250. The third-order valence-electron chi connectivity index (χ3n) is 3.09. The number of rotatable bonds is 4. The van der Waals surface area contributed by atoms with Crippen LogP contribution in [0.5, 0.6) is 0 Å². The van der Waals surface area contributed by atoms with Gasteiger partial charge in [0, 0.05) is 12.1 Å². The second-order valence-electron chi connectivity index (χ2n) is 4.60. The highest BCUT2D eigenvalue weighted by Crippen LogP contribution is 2.22. The number of nitrogens with zero attached hydrogens (tertiary/aromatic N) is 1. The number of alkyl halides is 3. The third kappa shape index (κ3) is 5.16. The number of likely N-dealkylation sites (tertiary alicyclic amines) is 1. The normalized spacial score (nSPS) is 22.3. The molecule has 0 aromatic rings. The molecule has 1 heterocycles. The molecule has 2 nitrogen and oxygen atoms in total. The summed E-state index contributed by atoms with van der Waals surface area (Å²) in [5, 5.41) is 3.07. The summed E-state index contributed by atoms with van der Waals surface area (Å²) in [6.45, 7) is 6.74. The van der Waals surface area contributed by atoms with Crippen molar-refractivity contribution in [1.82, 2.24) is 10.2 Å². The van der Waals surface area contributed by atoms with Gasteiger partial charge in [-0.05, 0) is 39.4 Å². The van der Waals surface area contributed by atoms with Gasteiger partial charge in [0.1, 0.15) is 0 Å². The molecule has 0 saturated carbocycles. The van der Waals surface area contributed by atoms with Crippen molar-refractivity contribution in [3.05, 3.63) is 0 Å². The van der Waals surface area contributed by atoms with Crippen molar-refractivity contribution >= 4 is 0 Å². The molecule has 1 aliphatic rings. The summed E-state index contributed by atoms with van der Waals surface area (Å²) in [4.78, 5) is 2.33. The van der Waals surface area contributed by atoms with E-state index in [2.05, 4.69) is 17.1 Å². The Morgan fingerprint density at radius 3 is 2.31 bits per heavy atom. The predicted molar refractivity (Wildman–Crippen MR) is 58.4 cm³/mol. The maximum atomic E-state index is 12.1. The van der Waals surface area contributed by atoms with E-state index in [-0.39, 0.29) is 6.04 Å². The Morgan fingerprint density at radius 2 is 1.88 bits per heavy atom. The van der Waals surface area contributed by atoms with Crippen LogP contribution in [0.1, 0.15) is 33.1 Å². The summed E-state index contributed by atoms with van der Waals surface area (Å²) in [5.41, 5.74) is 0. The second kappa shape index (κ2) is 5.87. The largest absolute Gasteiger partial charge is 0.390 e. The van der Waals surface area contributed by atoms with Crippen LogP contribution in [0.2, 0.25) is 0 Å². The fourth-order valence-electron chi connectivity index (χ4n) is 2.22. The average molecular weight is 238 g/mol. The number of nitrogens with one attached hydrogen (secondary N) is 1. The molecule has 0 aromatic heterocycles. The summed E-state index contributed by atoms with van der Waals surface area (Å²) in [6, 6.07) is -0.224. The molecule has 0 aromatic carbocycles. The highest BCUT2D eigenvalue weighted by Gasteiger charge is 2.31. The third-order valence-corrected chi connectivity index (χ3v) is 3.09. The summed E-state index contributed by atoms with van der Waals surface area (Å²) >= 11 is 0. The molecule has 1 unspecified atom stereocenters. The van der Waals surface area contributed by atoms with Crippen molar-refractivity contribution in [2.45, 2.75) is 51.4 Å². The van der Waals surface area contributed by atoms with Gasteiger partial charge in [0.25, 0.3) is 0 Å². The molecule has 16 heavy (non-hydrogen) atoms. The van der Waals surface area contributed by atoms with Gasteiger partial charge in [0.15, 0.2) is 0 Å². The van der Waals surface area contributed by atoms with Crippen LogP contribution >= 0.6 is 0 Å². The fraction of sp³-hybridized carbons (Fsp3) is 1.00. The number of hydrogen-bond donors (Lipinski definition) is 1. The first kappa shape index (κ1) is 13.8. The molecular formula is C11H21F3N2. The molecule has 0 bridgehead atoms. The predicted octanol–water partition coefficient (Wildman–Crippen LogP) is 2.40. The number of piperidine rings is 1. The Morgan fingerprint density at radius 1 is 1.31 bits per heavy atom. The molecule has 0 amide bonds. The summed E-state index contributed by atoms with van der Waals surface area (Å²) in [6.07, 6.45) is -2.89. The highest BCUT2D eigenvalue weighted by molar-refractivity contribution is 4.79. The van der Waals surface area contributed by atoms with Crippen LogP contribution < -0.4 is 5.32 Å². The molecule has 1 rings (SSSR count). The first-order chi connectivity index (χ1) is 7.40. The summed E-state index contributed by atoms with van der Waals surface area (Å²) in [5.74, 6) is 0. The summed E-state index contributed by atoms with van der Waals surface area (Å²) in [7, 11) is 0. The van der Waals surface area contributed by atoms with Crippen LogP contribution in [-0.2, 0) is 0 Å². The van der Waals surface area contributed by atoms with Crippen LogP contribution in [-0.4, -0.2) is 42.8 Å². The van der Waals surface area contributed by atoms with Crippen LogP contribution in [0.3, 0.4) is 0 Å². The average Bonchev–Trinajstić information content (AvgIpc) is 2.16. The Hall–Kier alpha value is -0.290. The van der Waals surface area contributed by atoms with E-state index in [9.17, 15) is 13.2 Å². The lowest BCUT2D eigenvalue weighted by Gasteiger charge is -2.33. The minimum Gasteiger partial charge on any atom is -0.311 e. The van der Waals surface area contributed by atoms with Gasteiger partial charge < -0.3 is 10.2 Å². The van der Waals surface area contributed by atoms with Crippen molar-refractivity contribution in [3.63, 3.8) is 0 Å². The number of halogens is 3. The first-order valence-corrected chi connectivity index (χ1v) is 5.96. The molecule has 1 N–H and O–H groups in total. The van der Waals surface area contributed by atoms with Crippen molar-refractivity contribution < 1.29 is 13.2 Å². The molecule has 1 aliphatic heterocycles. The maximum Gasteiger partial charge on any atom is 0.390 e. The highest BCUT2D eigenvalue weighted by atomic mass is 19.4. The Bertz CT molecular complexity index is 198. The summed E-state index contributed by atoms with van der Waals surface area (Å²) < 4.78 is 36.4. The topological polar surface area (TPSA) is 15.3 Å². The lowest BCUT2D eigenvalue weighted by atomic mass is 10.0. The van der Waals surface area contributed by atoms with Gasteiger partial charge in [-0.15, -0.1) is 0 Å². The molecule has 0 aliphatic carbocycles. The van der Waals surface area contributed by atoms with Gasteiger partial charge in [-0.25, -0.2) is 0 Å². The van der Waals surface area contributed by atoms with Gasteiger partial charge in [0.05, 0.1) is 6.42 Å². The Kier molecular flexibility index (Phi) is 5.05. The monoisotopic (exact) mass is 238 g/mol. The zero-order valence-electron chi connectivity index (χ0n) is 9.98. The van der Waals surface area contributed by atoms with Gasteiger partial charge >= 0.3 is 6.18 Å². The van der Waals surface area contributed by atoms with E-state index in [1.807, 2.05) is 0 Å².